The molecule has 0 aromatic rings. The maximum Gasteiger partial charge on any atom is 0.116 e. The van der Waals surface area contributed by atoms with Gasteiger partial charge in [0.25, 0.3) is 0 Å². The Bertz CT molecular complexity index is 236. The molecular weight excluding hydrogens is 140 g/mol. The minimum absolute atomic E-state index is 0.0191. The molecule has 0 saturated carbocycles. The van der Waals surface area contributed by atoms with Crippen LogP contribution in [-0.2, 0) is 9.47 Å². The van der Waals surface area contributed by atoms with E-state index in [0.29, 0.717) is 5.92 Å². The van der Waals surface area contributed by atoms with Crippen LogP contribution in [0.5, 0.6) is 0 Å². The molecule has 60 valence electrons. The van der Waals surface area contributed by atoms with E-state index in [-0.39, 0.29) is 11.2 Å². The van der Waals surface area contributed by atoms with Gasteiger partial charge in [0, 0.05) is 5.92 Å². The van der Waals surface area contributed by atoms with E-state index in [0.717, 1.165) is 19.6 Å². The third-order valence-electron chi connectivity index (χ3n) is 3.13. The molecule has 11 heavy (non-hydrogen) atoms. The van der Waals surface area contributed by atoms with Crippen molar-refractivity contribution in [1.29, 1.82) is 0 Å². The molecule has 0 aromatic carbocycles. The fraction of sp³-hybridized carbons (Fsp3) is 0.778. The molecular formula is C9H12O2. The summed E-state index contributed by atoms with van der Waals surface area (Å²) in [7, 11) is 0. The second-order valence-corrected chi connectivity index (χ2v) is 4.12. The van der Waals surface area contributed by atoms with Crippen LogP contribution >= 0.6 is 0 Å². The first-order valence-corrected chi connectivity index (χ1v) is 4.21. The molecule has 2 heteroatoms. The van der Waals surface area contributed by atoms with Crippen LogP contribution in [0, 0.1) is 5.92 Å². The van der Waals surface area contributed by atoms with Gasteiger partial charge in [-0.15, -0.1) is 0 Å². The lowest BCUT2D eigenvalue weighted by Gasteiger charge is -2.19. The monoisotopic (exact) mass is 152 g/mol. The van der Waals surface area contributed by atoms with Crippen molar-refractivity contribution in [3.05, 3.63) is 12.2 Å². The summed E-state index contributed by atoms with van der Waals surface area (Å²) < 4.78 is 11.3. The summed E-state index contributed by atoms with van der Waals surface area (Å²) >= 11 is 0. The highest BCUT2D eigenvalue weighted by Gasteiger charge is 2.58. The summed E-state index contributed by atoms with van der Waals surface area (Å²) in [5.41, 5.74) is 0.0171. The van der Waals surface area contributed by atoms with Gasteiger partial charge in [-0.2, -0.15) is 0 Å². The van der Waals surface area contributed by atoms with E-state index in [1.807, 2.05) is 0 Å². The molecule has 0 aliphatic carbocycles. The smallest absolute Gasteiger partial charge is 0.116 e. The highest BCUT2D eigenvalue weighted by atomic mass is 16.6. The molecule has 3 rings (SSSR count). The molecule has 2 saturated heterocycles. The number of hydrogen-bond donors (Lipinski definition) is 0. The summed E-state index contributed by atoms with van der Waals surface area (Å²) in [6.07, 6.45) is 5.54. The van der Waals surface area contributed by atoms with Gasteiger partial charge in [0.15, 0.2) is 0 Å². The quantitative estimate of drug-likeness (QED) is 0.484. The molecule has 2 nitrogen and oxygen atoms in total. The predicted octanol–water partition coefficient (Wildman–Crippen LogP) is 1.12. The summed E-state index contributed by atoms with van der Waals surface area (Å²) in [6.45, 7) is 3.82. The summed E-state index contributed by atoms with van der Waals surface area (Å²) in [5.74, 6) is 0.623. The average molecular weight is 152 g/mol. The van der Waals surface area contributed by atoms with E-state index in [9.17, 15) is 0 Å². The first-order valence-electron chi connectivity index (χ1n) is 4.21. The molecule has 0 aromatic heterocycles. The van der Waals surface area contributed by atoms with Crippen molar-refractivity contribution in [3.63, 3.8) is 0 Å². The zero-order valence-corrected chi connectivity index (χ0v) is 6.67. The Labute approximate surface area is 66.2 Å². The lowest BCUT2D eigenvalue weighted by molar-refractivity contribution is -0.0400. The first kappa shape index (κ1) is 6.21. The van der Waals surface area contributed by atoms with E-state index < -0.39 is 0 Å². The Kier molecular flexibility index (Phi) is 0.871. The Morgan fingerprint density at radius 3 is 3.09 bits per heavy atom. The first-order chi connectivity index (χ1) is 5.23. The van der Waals surface area contributed by atoms with Crippen molar-refractivity contribution in [2.24, 2.45) is 5.92 Å². The van der Waals surface area contributed by atoms with E-state index in [4.69, 9.17) is 9.47 Å². The molecule has 3 heterocycles. The Morgan fingerprint density at radius 1 is 1.45 bits per heavy atom. The zero-order valence-electron chi connectivity index (χ0n) is 6.67. The minimum Gasteiger partial charge on any atom is -0.378 e. The molecule has 0 unspecified atom stereocenters. The van der Waals surface area contributed by atoms with Crippen molar-refractivity contribution in [2.45, 2.75) is 24.5 Å². The standard InChI is InChI=1S/C9H12O2/c1-8-2-3-9(11-8)6-10-5-7(9)4-8/h2-3,7H,4-6H2,1H3/t7-,8+,9+/m0/s1. The summed E-state index contributed by atoms with van der Waals surface area (Å²) in [5, 5.41) is 0. The predicted molar refractivity (Wildman–Crippen MR) is 40.3 cm³/mol. The van der Waals surface area contributed by atoms with Crippen LogP contribution in [0.25, 0.3) is 0 Å². The highest BCUT2D eigenvalue weighted by Crippen LogP contribution is 2.52. The molecule has 3 atom stereocenters. The maximum absolute atomic E-state index is 5.94. The van der Waals surface area contributed by atoms with Crippen LogP contribution in [0.15, 0.2) is 12.2 Å². The third-order valence-corrected chi connectivity index (χ3v) is 3.13. The van der Waals surface area contributed by atoms with Gasteiger partial charge >= 0.3 is 0 Å². The van der Waals surface area contributed by atoms with E-state index in [2.05, 4.69) is 19.1 Å². The van der Waals surface area contributed by atoms with Crippen LogP contribution in [-0.4, -0.2) is 24.4 Å². The zero-order chi connectivity index (χ0) is 7.53. The lowest BCUT2D eigenvalue weighted by atomic mass is 9.82. The second-order valence-electron chi connectivity index (χ2n) is 4.12. The van der Waals surface area contributed by atoms with Gasteiger partial charge in [-0.3, -0.25) is 0 Å². The van der Waals surface area contributed by atoms with E-state index in [1.54, 1.807) is 0 Å². The largest absolute Gasteiger partial charge is 0.378 e. The van der Waals surface area contributed by atoms with Gasteiger partial charge in [0.05, 0.1) is 18.8 Å². The SMILES string of the molecule is C[C@@]12C=C[C@]3(COC[C@@H]3C1)O2. The highest BCUT2D eigenvalue weighted by molar-refractivity contribution is 5.26. The maximum atomic E-state index is 5.94. The number of fused-ring (bicyclic) bond motifs is 1. The van der Waals surface area contributed by atoms with Gasteiger partial charge in [0.1, 0.15) is 5.60 Å². The Hall–Kier alpha value is -0.340. The molecule has 1 spiro atoms. The average Bonchev–Trinajstić information content (AvgIpc) is 2.49. The molecule has 3 aliphatic rings. The van der Waals surface area contributed by atoms with E-state index in [1.165, 1.54) is 0 Å². The van der Waals surface area contributed by atoms with Crippen LogP contribution in [0.4, 0.5) is 0 Å². The fourth-order valence-corrected chi connectivity index (χ4v) is 2.57. The van der Waals surface area contributed by atoms with Gasteiger partial charge in [-0.25, -0.2) is 0 Å². The molecule has 0 N–H and O–H groups in total. The summed E-state index contributed by atoms with van der Waals surface area (Å²) in [4.78, 5) is 0. The van der Waals surface area contributed by atoms with Crippen molar-refractivity contribution >= 4 is 0 Å². The van der Waals surface area contributed by atoms with Crippen LogP contribution in [0.1, 0.15) is 13.3 Å². The lowest BCUT2D eigenvalue weighted by Crippen LogP contribution is -2.30. The van der Waals surface area contributed by atoms with Crippen molar-refractivity contribution in [2.75, 3.05) is 13.2 Å². The number of ether oxygens (including phenoxy) is 2. The third kappa shape index (κ3) is 0.603. The number of rotatable bonds is 0. The topological polar surface area (TPSA) is 18.5 Å². The van der Waals surface area contributed by atoms with Gasteiger partial charge in [-0.1, -0.05) is 12.2 Å². The Morgan fingerprint density at radius 2 is 2.36 bits per heavy atom. The van der Waals surface area contributed by atoms with E-state index >= 15 is 0 Å². The normalized spacial score (nSPS) is 58.8. The molecule has 2 fully saturated rings. The second kappa shape index (κ2) is 1.54. The van der Waals surface area contributed by atoms with Crippen molar-refractivity contribution in [1.82, 2.24) is 0 Å². The van der Waals surface area contributed by atoms with Crippen molar-refractivity contribution < 1.29 is 9.47 Å². The molecule has 3 aliphatic heterocycles. The summed E-state index contributed by atoms with van der Waals surface area (Å²) in [6, 6.07) is 0. The van der Waals surface area contributed by atoms with Crippen LogP contribution in [0.2, 0.25) is 0 Å². The van der Waals surface area contributed by atoms with Gasteiger partial charge in [-0.05, 0) is 13.3 Å². The minimum atomic E-state index is -0.0191. The molecule has 0 radical (unpaired) electrons. The Balaban J connectivity index is 2.07. The number of hydrogen-bond acceptors (Lipinski definition) is 2. The van der Waals surface area contributed by atoms with Crippen molar-refractivity contribution in [3.8, 4) is 0 Å². The van der Waals surface area contributed by atoms with Crippen LogP contribution < -0.4 is 0 Å². The van der Waals surface area contributed by atoms with Gasteiger partial charge < -0.3 is 9.47 Å². The molecule has 2 bridgehead atoms. The van der Waals surface area contributed by atoms with Crippen LogP contribution in [0.3, 0.4) is 0 Å². The fourth-order valence-electron chi connectivity index (χ4n) is 2.57. The molecule has 0 amide bonds. The van der Waals surface area contributed by atoms with Gasteiger partial charge in [0.2, 0.25) is 0 Å².